The first kappa shape index (κ1) is 14.2. The number of hydrogen-bond donors (Lipinski definition) is 1. The van der Waals surface area contributed by atoms with E-state index in [0.29, 0.717) is 12.1 Å². The van der Waals surface area contributed by atoms with Crippen LogP contribution in [0.3, 0.4) is 0 Å². The van der Waals surface area contributed by atoms with Crippen molar-refractivity contribution in [2.75, 3.05) is 11.9 Å². The van der Waals surface area contributed by atoms with Crippen LogP contribution < -0.4 is 5.32 Å². The molecule has 0 fully saturated rings. The van der Waals surface area contributed by atoms with Crippen LogP contribution in [-0.2, 0) is 6.18 Å². The fraction of sp³-hybridized carbons (Fsp3) is 0.308. The number of alkyl halides is 3. The summed E-state index contributed by atoms with van der Waals surface area (Å²) in [5.74, 6) is -0.0338. The third kappa shape index (κ3) is 3.04. The van der Waals surface area contributed by atoms with E-state index in [-0.39, 0.29) is 11.6 Å². The largest absolute Gasteiger partial charge is 0.433 e. The minimum atomic E-state index is -4.51. The molecule has 0 aromatic carbocycles. The molecule has 0 aliphatic heterocycles. The lowest BCUT2D eigenvalue weighted by molar-refractivity contribution is -0.141. The van der Waals surface area contributed by atoms with Gasteiger partial charge in [0, 0.05) is 24.5 Å². The van der Waals surface area contributed by atoms with E-state index in [1.54, 1.807) is 26.1 Å². The van der Waals surface area contributed by atoms with Gasteiger partial charge in [0.05, 0.1) is 5.69 Å². The molecule has 1 N–H and O–H groups in total. The summed E-state index contributed by atoms with van der Waals surface area (Å²) in [5, 5.41) is 2.71. The molecule has 7 heteroatoms. The van der Waals surface area contributed by atoms with Gasteiger partial charge in [0.2, 0.25) is 5.95 Å². The highest BCUT2D eigenvalue weighted by Crippen LogP contribution is 2.31. The standard InChI is InChI=1S/C13H13F3N4/c1-3-18-12-19-10(6-11(20-12)13(14,15)16)9-4-5-17-7-8(9)2/h4-7H,3H2,1-2H3,(H,18,19,20). The maximum atomic E-state index is 12.9. The summed E-state index contributed by atoms with van der Waals surface area (Å²) < 4.78 is 38.6. The first-order valence-electron chi connectivity index (χ1n) is 6.03. The van der Waals surface area contributed by atoms with Crippen LogP contribution in [0.5, 0.6) is 0 Å². The molecule has 0 amide bonds. The molecular weight excluding hydrogens is 269 g/mol. The average molecular weight is 282 g/mol. The Morgan fingerprint density at radius 3 is 2.60 bits per heavy atom. The number of halogens is 3. The highest BCUT2D eigenvalue weighted by molar-refractivity contribution is 5.64. The van der Waals surface area contributed by atoms with Gasteiger partial charge >= 0.3 is 6.18 Å². The normalized spacial score (nSPS) is 11.4. The summed E-state index contributed by atoms with van der Waals surface area (Å²) in [6.07, 6.45) is -1.41. The molecular formula is C13H13F3N4. The Balaban J connectivity index is 2.58. The Morgan fingerprint density at radius 2 is 2.00 bits per heavy atom. The van der Waals surface area contributed by atoms with Crippen molar-refractivity contribution in [3.63, 3.8) is 0 Å². The Kier molecular flexibility index (Phi) is 3.87. The van der Waals surface area contributed by atoms with Gasteiger partial charge in [0.15, 0.2) is 5.69 Å². The van der Waals surface area contributed by atoms with Crippen molar-refractivity contribution in [2.45, 2.75) is 20.0 Å². The van der Waals surface area contributed by atoms with E-state index < -0.39 is 11.9 Å². The second-order valence-corrected chi connectivity index (χ2v) is 4.18. The Hall–Kier alpha value is -2.18. The molecule has 0 spiro atoms. The van der Waals surface area contributed by atoms with E-state index in [1.807, 2.05) is 0 Å². The minimum absolute atomic E-state index is 0.0338. The molecule has 0 unspecified atom stereocenters. The first-order valence-corrected chi connectivity index (χ1v) is 6.03. The molecule has 20 heavy (non-hydrogen) atoms. The zero-order valence-electron chi connectivity index (χ0n) is 11.0. The minimum Gasteiger partial charge on any atom is -0.354 e. The number of aryl methyl sites for hydroxylation is 1. The van der Waals surface area contributed by atoms with E-state index in [9.17, 15) is 13.2 Å². The monoisotopic (exact) mass is 282 g/mol. The first-order chi connectivity index (χ1) is 9.41. The molecule has 0 saturated heterocycles. The fourth-order valence-corrected chi connectivity index (χ4v) is 1.73. The van der Waals surface area contributed by atoms with Gasteiger partial charge in [-0.3, -0.25) is 4.98 Å². The zero-order valence-corrected chi connectivity index (χ0v) is 11.0. The number of rotatable bonds is 3. The summed E-state index contributed by atoms with van der Waals surface area (Å²) in [4.78, 5) is 11.5. The van der Waals surface area contributed by atoms with Gasteiger partial charge < -0.3 is 5.32 Å². The molecule has 0 radical (unpaired) electrons. The Bertz CT molecular complexity index is 611. The van der Waals surface area contributed by atoms with E-state index in [4.69, 9.17) is 0 Å². The van der Waals surface area contributed by atoms with Crippen LogP contribution in [-0.4, -0.2) is 21.5 Å². The van der Waals surface area contributed by atoms with Crippen LogP contribution in [0.4, 0.5) is 19.1 Å². The second kappa shape index (κ2) is 5.44. The smallest absolute Gasteiger partial charge is 0.354 e. The van der Waals surface area contributed by atoms with Crippen molar-refractivity contribution in [1.82, 2.24) is 15.0 Å². The van der Waals surface area contributed by atoms with Crippen LogP contribution in [0.2, 0.25) is 0 Å². The topological polar surface area (TPSA) is 50.7 Å². The lowest BCUT2D eigenvalue weighted by Gasteiger charge is -2.12. The van der Waals surface area contributed by atoms with E-state index in [0.717, 1.165) is 11.6 Å². The number of anilines is 1. The number of hydrogen-bond acceptors (Lipinski definition) is 4. The molecule has 0 aliphatic carbocycles. The molecule has 0 bridgehead atoms. The summed E-state index contributed by atoms with van der Waals surface area (Å²) in [6.45, 7) is 3.97. The van der Waals surface area contributed by atoms with Crippen molar-refractivity contribution < 1.29 is 13.2 Å². The molecule has 0 aliphatic rings. The molecule has 0 saturated carbocycles. The Labute approximate surface area is 114 Å². The summed E-state index contributed by atoms with van der Waals surface area (Å²) in [6, 6.07) is 2.58. The van der Waals surface area contributed by atoms with Gasteiger partial charge in [-0.15, -0.1) is 0 Å². The van der Waals surface area contributed by atoms with Crippen LogP contribution in [0.25, 0.3) is 11.3 Å². The van der Waals surface area contributed by atoms with Crippen molar-refractivity contribution in [3.05, 3.63) is 35.8 Å². The Morgan fingerprint density at radius 1 is 1.25 bits per heavy atom. The predicted molar refractivity (Wildman–Crippen MR) is 69.2 cm³/mol. The van der Waals surface area contributed by atoms with Crippen molar-refractivity contribution >= 4 is 5.95 Å². The van der Waals surface area contributed by atoms with Gasteiger partial charge in [-0.25, -0.2) is 9.97 Å². The second-order valence-electron chi connectivity index (χ2n) is 4.18. The number of pyridine rings is 1. The highest BCUT2D eigenvalue weighted by atomic mass is 19.4. The highest BCUT2D eigenvalue weighted by Gasteiger charge is 2.33. The SMILES string of the molecule is CCNc1nc(-c2ccncc2C)cc(C(F)(F)F)n1. The fourth-order valence-electron chi connectivity index (χ4n) is 1.73. The van der Waals surface area contributed by atoms with Crippen LogP contribution >= 0.6 is 0 Å². The van der Waals surface area contributed by atoms with Gasteiger partial charge in [-0.1, -0.05) is 0 Å². The quantitative estimate of drug-likeness (QED) is 0.938. The average Bonchev–Trinajstić information content (AvgIpc) is 2.38. The zero-order chi connectivity index (χ0) is 14.8. The number of nitrogens with zero attached hydrogens (tertiary/aromatic N) is 3. The maximum absolute atomic E-state index is 12.9. The van der Waals surface area contributed by atoms with E-state index >= 15 is 0 Å². The van der Waals surface area contributed by atoms with Crippen LogP contribution in [0.1, 0.15) is 18.2 Å². The number of nitrogens with one attached hydrogen (secondary N) is 1. The third-order valence-electron chi connectivity index (χ3n) is 2.65. The van der Waals surface area contributed by atoms with Crippen molar-refractivity contribution in [1.29, 1.82) is 0 Å². The van der Waals surface area contributed by atoms with Gasteiger partial charge in [0.25, 0.3) is 0 Å². The van der Waals surface area contributed by atoms with Gasteiger partial charge in [-0.05, 0) is 31.5 Å². The summed E-state index contributed by atoms with van der Waals surface area (Å²) in [5.41, 5.74) is 0.617. The molecule has 0 atom stereocenters. The lowest BCUT2D eigenvalue weighted by Crippen LogP contribution is -2.12. The summed E-state index contributed by atoms with van der Waals surface area (Å²) in [7, 11) is 0. The summed E-state index contributed by atoms with van der Waals surface area (Å²) >= 11 is 0. The van der Waals surface area contributed by atoms with Gasteiger partial charge in [-0.2, -0.15) is 13.2 Å². The molecule has 2 aromatic rings. The molecule has 4 nitrogen and oxygen atoms in total. The van der Waals surface area contributed by atoms with Crippen LogP contribution in [0, 0.1) is 6.92 Å². The van der Waals surface area contributed by atoms with Crippen molar-refractivity contribution in [3.8, 4) is 11.3 Å². The lowest BCUT2D eigenvalue weighted by atomic mass is 10.1. The third-order valence-corrected chi connectivity index (χ3v) is 2.65. The predicted octanol–water partition coefficient (Wildman–Crippen LogP) is 3.30. The van der Waals surface area contributed by atoms with Crippen LogP contribution in [0.15, 0.2) is 24.5 Å². The molecule has 106 valence electrons. The number of aromatic nitrogens is 3. The maximum Gasteiger partial charge on any atom is 0.433 e. The molecule has 2 heterocycles. The van der Waals surface area contributed by atoms with Gasteiger partial charge in [0.1, 0.15) is 0 Å². The van der Waals surface area contributed by atoms with E-state index in [1.165, 1.54) is 6.20 Å². The van der Waals surface area contributed by atoms with E-state index in [2.05, 4.69) is 20.3 Å². The van der Waals surface area contributed by atoms with Crippen molar-refractivity contribution in [2.24, 2.45) is 0 Å². The molecule has 2 rings (SSSR count). The molecule has 2 aromatic heterocycles.